The molecule has 0 fully saturated rings. The van der Waals surface area contributed by atoms with Gasteiger partial charge < -0.3 is 5.11 Å². The lowest BCUT2D eigenvalue weighted by Crippen LogP contribution is -1.77. The summed E-state index contributed by atoms with van der Waals surface area (Å²) in [6, 6.07) is 0. The molecule has 2 nitrogen and oxygen atoms in total. The molecule has 0 aromatic carbocycles. The Morgan fingerprint density at radius 2 is 2.56 bits per heavy atom. The molecule has 0 aliphatic rings. The Morgan fingerprint density at radius 1 is 1.78 bits per heavy atom. The third kappa shape index (κ3) is 1.68. The van der Waals surface area contributed by atoms with Gasteiger partial charge in [0.05, 0.1) is 10.4 Å². The number of aromatic hydroxyl groups is 1. The van der Waals surface area contributed by atoms with Crippen LogP contribution in [-0.4, -0.2) is 10.1 Å². The molecule has 1 aromatic rings. The van der Waals surface area contributed by atoms with Gasteiger partial charge in [-0.15, -0.1) is 11.3 Å². The van der Waals surface area contributed by atoms with E-state index in [0.717, 1.165) is 17.8 Å². The third-order valence-corrected chi connectivity index (χ3v) is 1.90. The molecule has 1 rings (SSSR count). The second kappa shape index (κ2) is 2.82. The lowest BCUT2D eigenvalue weighted by molar-refractivity contribution is 0.455. The van der Waals surface area contributed by atoms with Crippen LogP contribution in [0.1, 0.15) is 18.4 Å². The SMILES string of the molecule is CCCc1nc(O)cs1. The van der Waals surface area contributed by atoms with Crippen LogP contribution in [0.2, 0.25) is 0 Å². The Morgan fingerprint density at radius 3 is 3.00 bits per heavy atom. The maximum Gasteiger partial charge on any atom is 0.222 e. The number of hydrogen-bond donors (Lipinski definition) is 1. The molecule has 0 amide bonds. The lowest BCUT2D eigenvalue weighted by Gasteiger charge is -1.84. The van der Waals surface area contributed by atoms with Crippen LogP contribution in [0.3, 0.4) is 0 Å². The van der Waals surface area contributed by atoms with Crippen molar-refractivity contribution in [1.29, 1.82) is 0 Å². The average Bonchev–Trinajstić information content (AvgIpc) is 2.17. The van der Waals surface area contributed by atoms with Crippen molar-refractivity contribution in [1.82, 2.24) is 4.98 Å². The number of thiazole rings is 1. The number of aromatic nitrogens is 1. The summed E-state index contributed by atoms with van der Waals surface area (Å²) in [5.74, 6) is 0.156. The molecular weight excluding hydrogens is 134 g/mol. The van der Waals surface area contributed by atoms with Crippen molar-refractivity contribution in [2.24, 2.45) is 0 Å². The topological polar surface area (TPSA) is 33.1 Å². The monoisotopic (exact) mass is 143 g/mol. The van der Waals surface area contributed by atoms with Crippen molar-refractivity contribution in [3.63, 3.8) is 0 Å². The summed E-state index contributed by atoms with van der Waals surface area (Å²) < 4.78 is 0. The van der Waals surface area contributed by atoms with Gasteiger partial charge in [-0.1, -0.05) is 6.92 Å². The Labute approximate surface area is 58.2 Å². The van der Waals surface area contributed by atoms with E-state index in [2.05, 4.69) is 11.9 Å². The number of rotatable bonds is 2. The number of aryl methyl sites for hydroxylation is 1. The average molecular weight is 143 g/mol. The Hall–Kier alpha value is -0.570. The summed E-state index contributed by atoms with van der Waals surface area (Å²) in [4.78, 5) is 3.87. The largest absolute Gasteiger partial charge is 0.493 e. The molecular formula is C6H9NOS. The fourth-order valence-electron chi connectivity index (χ4n) is 0.630. The first-order valence-electron chi connectivity index (χ1n) is 2.96. The summed E-state index contributed by atoms with van der Waals surface area (Å²) >= 11 is 1.51. The first-order valence-corrected chi connectivity index (χ1v) is 3.84. The van der Waals surface area contributed by atoms with Gasteiger partial charge in [-0.2, -0.15) is 0 Å². The Bertz CT molecular complexity index is 185. The fourth-order valence-corrected chi connectivity index (χ4v) is 1.39. The van der Waals surface area contributed by atoms with Crippen molar-refractivity contribution < 1.29 is 5.11 Å². The van der Waals surface area contributed by atoms with Crippen LogP contribution < -0.4 is 0 Å². The van der Waals surface area contributed by atoms with Gasteiger partial charge >= 0.3 is 0 Å². The van der Waals surface area contributed by atoms with Crippen LogP contribution in [0.25, 0.3) is 0 Å². The molecule has 1 heterocycles. The minimum atomic E-state index is 0.156. The molecule has 0 aliphatic carbocycles. The van der Waals surface area contributed by atoms with E-state index in [1.807, 2.05) is 0 Å². The molecule has 0 atom stereocenters. The van der Waals surface area contributed by atoms with E-state index in [1.54, 1.807) is 5.38 Å². The Balaban J connectivity index is 2.61. The van der Waals surface area contributed by atoms with Gasteiger partial charge in [0.15, 0.2) is 0 Å². The normalized spacial score (nSPS) is 9.89. The highest BCUT2D eigenvalue weighted by Crippen LogP contribution is 2.15. The maximum absolute atomic E-state index is 8.78. The summed E-state index contributed by atoms with van der Waals surface area (Å²) in [6.07, 6.45) is 2.07. The zero-order valence-corrected chi connectivity index (χ0v) is 6.11. The van der Waals surface area contributed by atoms with Gasteiger partial charge in [0.25, 0.3) is 0 Å². The van der Waals surface area contributed by atoms with E-state index in [9.17, 15) is 0 Å². The molecule has 3 heteroatoms. The van der Waals surface area contributed by atoms with Crippen LogP contribution in [0.5, 0.6) is 5.88 Å². The van der Waals surface area contributed by atoms with Crippen molar-refractivity contribution in [2.75, 3.05) is 0 Å². The minimum Gasteiger partial charge on any atom is -0.493 e. The number of hydrogen-bond acceptors (Lipinski definition) is 3. The van der Waals surface area contributed by atoms with E-state index < -0.39 is 0 Å². The van der Waals surface area contributed by atoms with Crippen molar-refractivity contribution in [2.45, 2.75) is 19.8 Å². The molecule has 1 N–H and O–H groups in total. The molecule has 0 unspecified atom stereocenters. The van der Waals surface area contributed by atoms with Crippen LogP contribution in [-0.2, 0) is 6.42 Å². The van der Waals surface area contributed by atoms with Gasteiger partial charge in [-0.3, -0.25) is 0 Å². The van der Waals surface area contributed by atoms with Crippen molar-refractivity contribution in [3.8, 4) is 5.88 Å². The molecule has 9 heavy (non-hydrogen) atoms. The first-order chi connectivity index (χ1) is 4.33. The summed E-state index contributed by atoms with van der Waals surface area (Å²) in [6.45, 7) is 2.10. The zero-order chi connectivity index (χ0) is 6.69. The molecule has 0 radical (unpaired) electrons. The summed E-state index contributed by atoms with van der Waals surface area (Å²) in [5.41, 5.74) is 0. The second-order valence-corrected chi connectivity index (χ2v) is 2.79. The van der Waals surface area contributed by atoms with Gasteiger partial charge in [0, 0.05) is 0 Å². The highest BCUT2D eigenvalue weighted by Gasteiger charge is 1.96. The predicted octanol–water partition coefficient (Wildman–Crippen LogP) is 1.80. The number of nitrogens with zero attached hydrogens (tertiary/aromatic N) is 1. The predicted molar refractivity (Wildman–Crippen MR) is 37.8 cm³/mol. The molecule has 0 saturated carbocycles. The van der Waals surface area contributed by atoms with Crippen LogP contribution >= 0.6 is 11.3 Å². The quantitative estimate of drug-likeness (QED) is 0.684. The molecule has 0 saturated heterocycles. The zero-order valence-electron chi connectivity index (χ0n) is 5.29. The summed E-state index contributed by atoms with van der Waals surface area (Å²) in [5, 5.41) is 11.5. The molecule has 0 spiro atoms. The minimum absolute atomic E-state index is 0.156. The van der Waals surface area contributed by atoms with Crippen molar-refractivity contribution >= 4 is 11.3 Å². The van der Waals surface area contributed by atoms with E-state index in [0.29, 0.717) is 0 Å². The molecule has 0 bridgehead atoms. The smallest absolute Gasteiger partial charge is 0.222 e. The molecule has 0 aliphatic heterocycles. The lowest BCUT2D eigenvalue weighted by atomic mass is 10.4. The van der Waals surface area contributed by atoms with Gasteiger partial charge in [0.1, 0.15) is 0 Å². The van der Waals surface area contributed by atoms with Gasteiger partial charge in [-0.05, 0) is 12.8 Å². The Kier molecular flexibility index (Phi) is 2.05. The molecule has 50 valence electrons. The molecule has 1 aromatic heterocycles. The highest BCUT2D eigenvalue weighted by molar-refractivity contribution is 7.09. The van der Waals surface area contributed by atoms with Crippen molar-refractivity contribution in [3.05, 3.63) is 10.4 Å². The van der Waals surface area contributed by atoms with E-state index in [-0.39, 0.29) is 5.88 Å². The maximum atomic E-state index is 8.78. The third-order valence-electron chi connectivity index (χ3n) is 1.00. The summed E-state index contributed by atoms with van der Waals surface area (Å²) in [7, 11) is 0. The van der Waals surface area contributed by atoms with E-state index in [4.69, 9.17) is 5.11 Å². The van der Waals surface area contributed by atoms with Gasteiger partial charge in [-0.25, -0.2) is 4.98 Å². The fraction of sp³-hybridized carbons (Fsp3) is 0.500. The highest BCUT2D eigenvalue weighted by atomic mass is 32.1. The van der Waals surface area contributed by atoms with E-state index >= 15 is 0 Å². The van der Waals surface area contributed by atoms with E-state index in [1.165, 1.54) is 11.3 Å². The van der Waals surface area contributed by atoms with Crippen LogP contribution in [0, 0.1) is 0 Å². The van der Waals surface area contributed by atoms with Crippen LogP contribution in [0.15, 0.2) is 5.38 Å². The first kappa shape index (κ1) is 6.55. The standard InChI is InChI=1S/C6H9NOS/c1-2-3-6-7-5(8)4-9-6/h4,8H,2-3H2,1H3. The van der Waals surface area contributed by atoms with Crippen LogP contribution in [0.4, 0.5) is 0 Å². The second-order valence-electron chi connectivity index (χ2n) is 1.85. The van der Waals surface area contributed by atoms with Gasteiger partial charge in [0.2, 0.25) is 5.88 Å².